The predicted octanol–water partition coefficient (Wildman–Crippen LogP) is 3.70. The molecule has 0 unspecified atom stereocenters. The van der Waals surface area contributed by atoms with Gasteiger partial charge in [0.05, 0.1) is 11.8 Å². The van der Waals surface area contributed by atoms with E-state index in [9.17, 15) is 4.79 Å². The molecule has 25 heavy (non-hydrogen) atoms. The fourth-order valence-electron chi connectivity index (χ4n) is 2.06. The monoisotopic (exact) mass is 352 g/mol. The van der Waals surface area contributed by atoms with Gasteiger partial charge in [0.15, 0.2) is 0 Å². The summed E-state index contributed by atoms with van der Waals surface area (Å²) in [7, 11) is 0. The molecular weight excluding hydrogens is 336 g/mol. The molecule has 0 spiro atoms. The maximum absolute atomic E-state index is 12.1. The van der Waals surface area contributed by atoms with Crippen molar-refractivity contribution in [3.8, 4) is 5.75 Å². The summed E-state index contributed by atoms with van der Waals surface area (Å²) < 4.78 is 5.37. The smallest absolute Gasteiger partial charge is 0.343 e. The van der Waals surface area contributed by atoms with Gasteiger partial charge in [0.2, 0.25) is 5.13 Å². The number of thiazole rings is 1. The van der Waals surface area contributed by atoms with Gasteiger partial charge in [-0.2, -0.15) is 5.10 Å². The summed E-state index contributed by atoms with van der Waals surface area (Å²) in [6.45, 7) is 1.93. The van der Waals surface area contributed by atoms with Gasteiger partial charge < -0.3 is 10.5 Å². The number of rotatable bonds is 5. The van der Waals surface area contributed by atoms with Gasteiger partial charge in [-0.3, -0.25) is 5.43 Å². The summed E-state index contributed by atoms with van der Waals surface area (Å²) in [5.41, 5.74) is 10.7. The number of carbonyl (C=O) groups is 1. The first-order valence-corrected chi connectivity index (χ1v) is 8.37. The lowest BCUT2D eigenvalue weighted by Crippen LogP contribution is -2.08. The van der Waals surface area contributed by atoms with Crippen molar-refractivity contribution < 1.29 is 9.53 Å². The van der Waals surface area contributed by atoms with Crippen LogP contribution in [0.4, 0.5) is 10.9 Å². The van der Waals surface area contributed by atoms with Crippen LogP contribution in [0.2, 0.25) is 0 Å². The number of hydrogen-bond acceptors (Lipinski definition) is 7. The molecule has 0 aliphatic heterocycles. The lowest BCUT2D eigenvalue weighted by atomic mass is 10.1. The number of carbonyl (C=O) groups excluding carboxylic acids is 1. The first-order chi connectivity index (χ1) is 12.1. The molecule has 6 nitrogen and oxygen atoms in total. The fraction of sp³-hybridized carbons (Fsp3) is 0.0556. The van der Waals surface area contributed by atoms with E-state index in [2.05, 4.69) is 15.5 Å². The van der Waals surface area contributed by atoms with E-state index < -0.39 is 0 Å². The molecule has 0 radical (unpaired) electrons. The topological polar surface area (TPSA) is 89.6 Å². The highest BCUT2D eigenvalue weighted by atomic mass is 32.1. The second kappa shape index (κ2) is 7.59. The van der Waals surface area contributed by atoms with Gasteiger partial charge in [0, 0.05) is 5.38 Å². The maximum Gasteiger partial charge on any atom is 0.343 e. The Bertz CT molecular complexity index is 903. The van der Waals surface area contributed by atoms with Gasteiger partial charge >= 0.3 is 5.97 Å². The average Bonchev–Trinajstić information content (AvgIpc) is 3.02. The normalized spacial score (nSPS) is 10.8. The van der Waals surface area contributed by atoms with Crippen molar-refractivity contribution in [2.45, 2.75) is 6.92 Å². The molecule has 0 saturated heterocycles. The van der Waals surface area contributed by atoms with E-state index in [-0.39, 0.29) is 5.97 Å². The van der Waals surface area contributed by atoms with Crippen molar-refractivity contribution in [1.29, 1.82) is 0 Å². The quantitative estimate of drug-likeness (QED) is 0.316. The van der Waals surface area contributed by atoms with Crippen LogP contribution in [0.15, 0.2) is 59.0 Å². The van der Waals surface area contributed by atoms with Crippen LogP contribution >= 0.6 is 11.3 Å². The first kappa shape index (κ1) is 16.7. The van der Waals surface area contributed by atoms with Gasteiger partial charge in [0.25, 0.3) is 0 Å². The van der Waals surface area contributed by atoms with Gasteiger partial charge in [0.1, 0.15) is 11.6 Å². The van der Waals surface area contributed by atoms with Crippen LogP contribution in [0, 0.1) is 6.92 Å². The molecule has 0 amide bonds. The summed E-state index contributed by atoms with van der Waals surface area (Å²) in [4.78, 5) is 16.1. The van der Waals surface area contributed by atoms with Crippen molar-refractivity contribution >= 4 is 34.5 Å². The number of hydrazone groups is 1. The van der Waals surface area contributed by atoms with E-state index >= 15 is 0 Å². The highest BCUT2D eigenvalue weighted by molar-refractivity contribution is 7.14. The number of anilines is 2. The Balaban J connectivity index is 1.59. The standard InChI is InChI=1S/C18H16N4O2S/c1-12-3-2-4-14(9-12)17(23)24-15-7-5-13(6-8-15)10-20-22-18-21-16(19)11-25-18/h2-11H,19H2,1H3,(H,21,22). The summed E-state index contributed by atoms with van der Waals surface area (Å²) in [5.74, 6) is 0.555. The number of esters is 1. The number of aromatic nitrogens is 1. The minimum atomic E-state index is -0.381. The van der Waals surface area contributed by atoms with E-state index in [1.807, 2.05) is 19.1 Å². The number of hydrogen-bond donors (Lipinski definition) is 2. The summed E-state index contributed by atoms with van der Waals surface area (Å²) in [5, 5.41) is 6.44. The zero-order valence-electron chi connectivity index (χ0n) is 13.5. The van der Waals surface area contributed by atoms with Gasteiger partial charge in [-0.15, -0.1) is 11.3 Å². The Labute approximate surface area is 149 Å². The molecule has 0 aliphatic rings. The number of nitrogen functional groups attached to an aromatic ring is 1. The van der Waals surface area contributed by atoms with Crippen molar-refractivity contribution in [2.75, 3.05) is 11.2 Å². The van der Waals surface area contributed by atoms with Gasteiger partial charge in [-0.25, -0.2) is 9.78 Å². The van der Waals surface area contributed by atoms with Gasteiger partial charge in [-0.1, -0.05) is 17.7 Å². The molecule has 0 atom stereocenters. The molecule has 7 heteroatoms. The summed E-state index contributed by atoms with van der Waals surface area (Å²) >= 11 is 1.37. The Hall–Kier alpha value is -3.19. The minimum absolute atomic E-state index is 0.381. The largest absolute Gasteiger partial charge is 0.423 e. The van der Waals surface area contributed by atoms with E-state index in [1.165, 1.54) is 11.3 Å². The molecule has 0 saturated carbocycles. The van der Waals surface area contributed by atoms with E-state index in [0.717, 1.165) is 11.1 Å². The van der Waals surface area contributed by atoms with E-state index in [0.29, 0.717) is 22.3 Å². The number of nitrogens with zero attached hydrogens (tertiary/aromatic N) is 2. The van der Waals surface area contributed by atoms with Crippen LogP contribution in [0.5, 0.6) is 5.75 Å². The predicted molar refractivity (Wildman–Crippen MR) is 100 cm³/mol. The molecule has 3 rings (SSSR count). The third-order valence-electron chi connectivity index (χ3n) is 3.24. The van der Waals surface area contributed by atoms with Crippen LogP contribution in [-0.4, -0.2) is 17.2 Å². The van der Waals surface area contributed by atoms with Crippen LogP contribution in [0.1, 0.15) is 21.5 Å². The molecule has 3 aromatic rings. The van der Waals surface area contributed by atoms with Crippen molar-refractivity contribution in [3.05, 3.63) is 70.6 Å². The lowest BCUT2D eigenvalue weighted by molar-refractivity contribution is 0.0734. The van der Waals surface area contributed by atoms with Crippen LogP contribution in [-0.2, 0) is 0 Å². The maximum atomic E-state index is 12.1. The molecule has 1 heterocycles. The second-order valence-corrected chi connectivity index (χ2v) is 6.13. The summed E-state index contributed by atoms with van der Waals surface area (Å²) in [6.07, 6.45) is 1.64. The molecule has 0 bridgehead atoms. The van der Waals surface area contributed by atoms with Crippen LogP contribution < -0.4 is 15.9 Å². The second-order valence-electron chi connectivity index (χ2n) is 5.28. The van der Waals surface area contributed by atoms with Crippen LogP contribution in [0.3, 0.4) is 0 Å². The lowest BCUT2D eigenvalue weighted by Gasteiger charge is -2.05. The van der Waals surface area contributed by atoms with Crippen molar-refractivity contribution in [1.82, 2.24) is 4.98 Å². The Kier molecular flexibility index (Phi) is 5.06. The molecule has 0 aliphatic carbocycles. The van der Waals surface area contributed by atoms with Gasteiger partial charge in [-0.05, 0) is 48.9 Å². The van der Waals surface area contributed by atoms with E-state index in [1.54, 1.807) is 48.0 Å². The Morgan fingerprint density at radius 2 is 2.08 bits per heavy atom. The number of benzene rings is 2. The average molecular weight is 352 g/mol. The molecule has 3 N–H and O–H groups in total. The molecular formula is C18H16N4O2S. The molecule has 126 valence electrons. The van der Waals surface area contributed by atoms with E-state index in [4.69, 9.17) is 10.5 Å². The highest BCUT2D eigenvalue weighted by Crippen LogP contribution is 2.17. The minimum Gasteiger partial charge on any atom is -0.423 e. The zero-order valence-corrected chi connectivity index (χ0v) is 14.3. The first-order valence-electron chi connectivity index (χ1n) is 7.49. The summed E-state index contributed by atoms with van der Waals surface area (Å²) in [6, 6.07) is 14.3. The molecule has 1 aromatic heterocycles. The number of ether oxygens (including phenoxy) is 1. The molecule has 0 fully saturated rings. The number of aryl methyl sites for hydroxylation is 1. The highest BCUT2D eigenvalue weighted by Gasteiger charge is 2.08. The third-order valence-corrected chi connectivity index (χ3v) is 4.01. The van der Waals surface area contributed by atoms with Crippen molar-refractivity contribution in [2.24, 2.45) is 5.10 Å². The SMILES string of the molecule is Cc1cccc(C(=O)Oc2ccc(C=NNc3nc(N)cs3)cc2)c1. The zero-order chi connectivity index (χ0) is 17.6. The fourth-order valence-corrected chi connectivity index (χ4v) is 2.61. The third kappa shape index (κ3) is 4.65. The van der Waals surface area contributed by atoms with Crippen molar-refractivity contribution in [3.63, 3.8) is 0 Å². The van der Waals surface area contributed by atoms with Crippen LogP contribution in [0.25, 0.3) is 0 Å². The molecule has 2 aromatic carbocycles. The number of nitrogens with one attached hydrogen (secondary N) is 1. The Morgan fingerprint density at radius 1 is 1.28 bits per heavy atom. The Morgan fingerprint density at radius 3 is 2.76 bits per heavy atom. The number of nitrogens with two attached hydrogens (primary N) is 1.